The molecule has 0 aromatic rings. The van der Waals surface area contributed by atoms with Crippen LogP contribution >= 0.6 is 0 Å². The van der Waals surface area contributed by atoms with E-state index in [1.165, 1.54) is 51.9 Å². The van der Waals surface area contributed by atoms with Crippen molar-refractivity contribution in [3.63, 3.8) is 0 Å². The number of likely N-dealkylation sites (N-methyl/N-ethyl adjacent to an activating group) is 1. The van der Waals surface area contributed by atoms with Crippen LogP contribution < -0.4 is 0 Å². The first-order chi connectivity index (χ1) is 8.52. The summed E-state index contributed by atoms with van der Waals surface area (Å²) in [5.41, 5.74) is 0. The highest BCUT2D eigenvalue weighted by atomic mass is 15.3. The van der Waals surface area contributed by atoms with Crippen LogP contribution in [-0.2, 0) is 0 Å². The average molecular weight is 254 g/mol. The van der Waals surface area contributed by atoms with Crippen molar-refractivity contribution in [2.24, 2.45) is 11.8 Å². The van der Waals surface area contributed by atoms with Crippen molar-refractivity contribution in [3.05, 3.63) is 0 Å². The smallest absolute Gasteiger partial charge is 0.0113 e. The van der Waals surface area contributed by atoms with Gasteiger partial charge in [-0.3, -0.25) is 4.90 Å². The summed E-state index contributed by atoms with van der Waals surface area (Å²) >= 11 is 0. The van der Waals surface area contributed by atoms with Gasteiger partial charge in [0.05, 0.1) is 0 Å². The molecule has 1 aliphatic heterocycles. The molecule has 108 valence electrons. The van der Waals surface area contributed by atoms with Crippen LogP contribution in [0, 0.1) is 11.8 Å². The molecule has 0 aromatic heterocycles. The zero-order chi connectivity index (χ0) is 13.5. The second kappa shape index (κ2) is 8.16. The Morgan fingerprint density at radius 2 is 1.61 bits per heavy atom. The lowest BCUT2D eigenvalue weighted by atomic mass is 10.1. The summed E-state index contributed by atoms with van der Waals surface area (Å²) < 4.78 is 0. The van der Waals surface area contributed by atoms with E-state index < -0.39 is 0 Å². The molecule has 1 saturated carbocycles. The number of hydrogen-bond acceptors (Lipinski definition) is 2. The molecule has 1 saturated heterocycles. The van der Waals surface area contributed by atoms with Gasteiger partial charge in [-0.15, -0.1) is 0 Å². The van der Waals surface area contributed by atoms with Gasteiger partial charge in [0.25, 0.3) is 0 Å². The summed E-state index contributed by atoms with van der Waals surface area (Å²) in [6.07, 6.45) is 5.66. The number of rotatable bonds is 2. The minimum absolute atomic E-state index is 0.884. The average Bonchev–Trinajstić information content (AvgIpc) is 2.77. The van der Waals surface area contributed by atoms with Crippen LogP contribution in [0.2, 0.25) is 0 Å². The van der Waals surface area contributed by atoms with Crippen LogP contribution in [0.5, 0.6) is 0 Å². The van der Waals surface area contributed by atoms with E-state index in [4.69, 9.17) is 0 Å². The van der Waals surface area contributed by atoms with Crippen LogP contribution in [0.3, 0.4) is 0 Å². The third kappa shape index (κ3) is 5.71. The summed E-state index contributed by atoms with van der Waals surface area (Å²) in [5, 5.41) is 0. The van der Waals surface area contributed by atoms with Gasteiger partial charge in [-0.2, -0.15) is 0 Å². The summed E-state index contributed by atoms with van der Waals surface area (Å²) in [4.78, 5) is 5.15. The lowest BCUT2D eigenvalue weighted by Crippen LogP contribution is -2.48. The fraction of sp³-hybridized carbons (Fsp3) is 1.00. The van der Waals surface area contributed by atoms with Crippen molar-refractivity contribution in [1.29, 1.82) is 0 Å². The molecule has 2 atom stereocenters. The maximum atomic E-state index is 2.71. The van der Waals surface area contributed by atoms with Gasteiger partial charge < -0.3 is 4.90 Å². The maximum Gasteiger partial charge on any atom is 0.0113 e. The maximum absolute atomic E-state index is 2.71. The number of nitrogens with zero attached hydrogens (tertiary/aromatic N) is 2. The van der Waals surface area contributed by atoms with Gasteiger partial charge in [0.1, 0.15) is 0 Å². The molecule has 1 aliphatic carbocycles. The summed E-state index contributed by atoms with van der Waals surface area (Å²) in [6, 6.07) is 0.920. The van der Waals surface area contributed by atoms with Crippen LogP contribution in [-0.4, -0.2) is 49.1 Å². The van der Waals surface area contributed by atoms with Crippen molar-refractivity contribution < 1.29 is 0 Å². The number of piperazine rings is 1. The lowest BCUT2D eigenvalue weighted by molar-refractivity contribution is 0.112. The Morgan fingerprint density at radius 3 is 2.00 bits per heavy atom. The quantitative estimate of drug-likeness (QED) is 0.744. The monoisotopic (exact) mass is 254 g/mol. The topological polar surface area (TPSA) is 6.48 Å². The third-order valence-electron chi connectivity index (χ3n) is 4.54. The Bertz CT molecular complexity index is 207. The van der Waals surface area contributed by atoms with E-state index in [2.05, 4.69) is 44.5 Å². The van der Waals surface area contributed by atoms with Gasteiger partial charge in [0, 0.05) is 32.2 Å². The van der Waals surface area contributed by atoms with Gasteiger partial charge in [0.15, 0.2) is 0 Å². The molecule has 2 unspecified atom stereocenters. The Hall–Kier alpha value is -0.0800. The molecule has 2 heteroatoms. The van der Waals surface area contributed by atoms with Crippen molar-refractivity contribution in [2.75, 3.05) is 33.2 Å². The molecule has 2 rings (SSSR count). The van der Waals surface area contributed by atoms with Crippen LogP contribution in [0.15, 0.2) is 0 Å². The van der Waals surface area contributed by atoms with E-state index in [9.17, 15) is 0 Å². The first-order valence-electron chi connectivity index (χ1n) is 7.95. The normalized spacial score (nSPS) is 30.3. The second-order valence-corrected chi connectivity index (χ2v) is 6.71. The molecule has 2 aliphatic rings. The molecule has 0 amide bonds. The van der Waals surface area contributed by atoms with Crippen LogP contribution in [0.4, 0.5) is 0 Å². The van der Waals surface area contributed by atoms with Gasteiger partial charge in [0.2, 0.25) is 0 Å². The van der Waals surface area contributed by atoms with E-state index in [1.807, 2.05) is 0 Å². The molecule has 1 heterocycles. The highest BCUT2D eigenvalue weighted by Crippen LogP contribution is 2.29. The lowest BCUT2D eigenvalue weighted by Gasteiger charge is -2.36. The zero-order valence-corrected chi connectivity index (χ0v) is 13.3. The van der Waals surface area contributed by atoms with E-state index in [0.717, 1.165) is 17.9 Å². The Balaban J connectivity index is 0.000000280. The Kier molecular flexibility index (Phi) is 7.25. The van der Waals surface area contributed by atoms with E-state index >= 15 is 0 Å². The van der Waals surface area contributed by atoms with Crippen LogP contribution in [0.25, 0.3) is 0 Å². The molecular weight excluding hydrogens is 220 g/mol. The molecule has 0 radical (unpaired) electrons. The Morgan fingerprint density at radius 1 is 1.06 bits per heavy atom. The molecule has 0 spiro atoms. The Labute approximate surface area is 115 Å². The summed E-state index contributed by atoms with van der Waals surface area (Å²) in [5.74, 6) is 1.86. The summed E-state index contributed by atoms with van der Waals surface area (Å²) in [6.45, 7) is 14.2. The van der Waals surface area contributed by atoms with E-state index in [-0.39, 0.29) is 0 Å². The van der Waals surface area contributed by atoms with Crippen molar-refractivity contribution >= 4 is 0 Å². The largest absolute Gasteiger partial charge is 0.304 e. The molecule has 2 nitrogen and oxygen atoms in total. The van der Waals surface area contributed by atoms with Gasteiger partial charge in [-0.1, -0.05) is 34.1 Å². The van der Waals surface area contributed by atoms with Gasteiger partial charge >= 0.3 is 0 Å². The predicted molar refractivity (Wildman–Crippen MR) is 81.0 cm³/mol. The highest BCUT2D eigenvalue weighted by Gasteiger charge is 2.28. The fourth-order valence-corrected chi connectivity index (χ4v) is 2.70. The molecular formula is C16H34N2. The molecule has 0 bridgehead atoms. The highest BCUT2D eigenvalue weighted by molar-refractivity contribution is 4.83. The first-order valence-corrected chi connectivity index (χ1v) is 7.95. The zero-order valence-electron chi connectivity index (χ0n) is 13.3. The van der Waals surface area contributed by atoms with E-state index in [1.54, 1.807) is 0 Å². The molecule has 18 heavy (non-hydrogen) atoms. The second-order valence-electron chi connectivity index (χ2n) is 6.71. The van der Waals surface area contributed by atoms with Crippen molar-refractivity contribution in [3.8, 4) is 0 Å². The molecule has 2 fully saturated rings. The van der Waals surface area contributed by atoms with Crippen molar-refractivity contribution in [2.45, 2.75) is 59.4 Å². The number of hydrogen-bond donors (Lipinski definition) is 0. The SMILES string of the molecule is CC1CCC(N2CCN(C)CC2)C1.CCC(C)C. The minimum atomic E-state index is 0.884. The molecule has 0 N–H and O–H groups in total. The predicted octanol–water partition coefficient (Wildman–Crippen LogP) is 3.47. The third-order valence-corrected chi connectivity index (χ3v) is 4.54. The summed E-state index contributed by atoms with van der Waals surface area (Å²) in [7, 11) is 2.23. The standard InChI is InChI=1S/C11H22N2.C5H12/c1-10-3-4-11(9-10)13-7-5-12(2)6-8-13;1-4-5(2)3/h10-11H,3-9H2,1-2H3;5H,4H2,1-3H3. The minimum Gasteiger partial charge on any atom is -0.304 e. The van der Waals surface area contributed by atoms with Crippen LogP contribution in [0.1, 0.15) is 53.4 Å². The first kappa shape index (κ1) is 16.0. The van der Waals surface area contributed by atoms with Gasteiger partial charge in [-0.25, -0.2) is 0 Å². The van der Waals surface area contributed by atoms with Gasteiger partial charge in [-0.05, 0) is 38.1 Å². The fourth-order valence-electron chi connectivity index (χ4n) is 2.70. The van der Waals surface area contributed by atoms with E-state index in [0.29, 0.717) is 0 Å². The molecule has 0 aromatic carbocycles. The van der Waals surface area contributed by atoms with Crippen molar-refractivity contribution in [1.82, 2.24) is 9.80 Å².